The van der Waals surface area contributed by atoms with E-state index in [0.29, 0.717) is 23.8 Å². The molecule has 3 rings (SSSR count). The van der Waals surface area contributed by atoms with Crippen molar-refractivity contribution < 1.29 is 19.4 Å². The molecule has 0 aliphatic carbocycles. The molecule has 0 saturated heterocycles. The number of carbonyl (C=O) groups is 1. The maximum atomic E-state index is 10.7. The van der Waals surface area contributed by atoms with Crippen LogP contribution in [-0.4, -0.2) is 18.1 Å². The number of rotatable bonds is 7. The molecule has 0 atom stereocenters. The number of carboxylic acid groups (broad SMARTS) is 1. The summed E-state index contributed by atoms with van der Waals surface area (Å²) >= 11 is 1.38. The fourth-order valence-electron chi connectivity index (χ4n) is 2.43. The molecular weight excluding hydrogens is 350 g/mol. The Bertz CT molecular complexity index is 902. The van der Waals surface area contributed by atoms with Crippen LogP contribution in [0.2, 0.25) is 0 Å². The Morgan fingerprint density at radius 3 is 2.62 bits per heavy atom. The first-order valence-electron chi connectivity index (χ1n) is 8.06. The molecular formula is C20H18NO4S-. The van der Waals surface area contributed by atoms with Gasteiger partial charge in [-0.25, -0.2) is 4.98 Å². The molecule has 0 aliphatic heterocycles. The van der Waals surface area contributed by atoms with E-state index < -0.39 is 5.97 Å². The summed E-state index contributed by atoms with van der Waals surface area (Å²) in [5.74, 6) is 0.105. The summed E-state index contributed by atoms with van der Waals surface area (Å²) in [6, 6.07) is 13.7. The summed E-state index contributed by atoms with van der Waals surface area (Å²) < 4.78 is 11.3. The summed E-state index contributed by atoms with van der Waals surface area (Å²) in [6.45, 7) is 2.49. The van der Waals surface area contributed by atoms with E-state index in [2.05, 4.69) is 4.98 Å². The van der Waals surface area contributed by atoms with Crippen molar-refractivity contribution in [3.8, 4) is 22.1 Å². The van der Waals surface area contributed by atoms with E-state index in [4.69, 9.17) is 9.47 Å². The van der Waals surface area contributed by atoms with Gasteiger partial charge in [0, 0.05) is 23.3 Å². The quantitative estimate of drug-likeness (QED) is 0.641. The van der Waals surface area contributed by atoms with Crippen LogP contribution >= 0.6 is 11.3 Å². The third-order valence-electron chi connectivity index (χ3n) is 3.80. The van der Waals surface area contributed by atoms with Crippen molar-refractivity contribution in [3.63, 3.8) is 0 Å². The highest BCUT2D eigenvalue weighted by atomic mass is 32.1. The molecule has 5 nitrogen and oxygen atoms in total. The lowest BCUT2D eigenvalue weighted by Gasteiger charge is -2.12. The fraction of sp³-hybridized carbons (Fsp3) is 0.200. The van der Waals surface area contributed by atoms with Crippen molar-refractivity contribution in [2.24, 2.45) is 0 Å². The molecule has 0 radical (unpaired) electrons. The number of hydrogen-bond acceptors (Lipinski definition) is 6. The Morgan fingerprint density at radius 2 is 1.92 bits per heavy atom. The summed E-state index contributed by atoms with van der Waals surface area (Å²) in [5.41, 5.74) is 3.62. The topological polar surface area (TPSA) is 71.5 Å². The molecule has 6 heteroatoms. The Kier molecular flexibility index (Phi) is 5.53. The van der Waals surface area contributed by atoms with Crippen LogP contribution in [0.15, 0.2) is 47.8 Å². The molecule has 1 heterocycles. The van der Waals surface area contributed by atoms with Gasteiger partial charge in [-0.05, 0) is 30.7 Å². The number of benzene rings is 2. The smallest absolute Gasteiger partial charge is 0.161 e. The second kappa shape index (κ2) is 8.01. The van der Waals surface area contributed by atoms with Gasteiger partial charge in [0.2, 0.25) is 0 Å². The number of methoxy groups -OCH3 is 1. The number of nitrogens with zero attached hydrogens (tertiary/aromatic N) is 1. The highest BCUT2D eigenvalue weighted by molar-refractivity contribution is 7.13. The zero-order valence-corrected chi connectivity index (χ0v) is 15.3. The van der Waals surface area contributed by atoms with E-state index in [9.17, 15) is 9.90 Å². The molecule has 0 bridgehead atoms. The number of carboxylic acids is 1. The van der Waals surface area contributed by atoms with Crippen molar-refractivity contribution in [2.75, 3.05) is 7.11 Å². The zero-order valence-electron chi connectivity index (χ0n) is 14.5. The SMILES string of the molecule is COc1cc(-c2nc(CC(=O)[O-])cs2)ccc1OCc1ccc(C)cc1. The third kappa shape index (κ3) is 4.40. The molecule has 3 aromatic rings. The van der Waals surface area contributed by atoms with E-state index in [1.165, 1.54) is 16.9 Å². The summed E-state index contributed by atoms with van der Waals surface area (Å²) in [4.78, 5) is 15.0. The van der Waals surface area contributed by atoms with Gasteiger partial charge >= 0.3 is 0 Å². The maximum absolute atomic E-state index is 10.7. The average Bonchev–Trinajstić information content (AvgIpc) is 3.09. The Balaban J connectivity index is 1.75. The van der Waals surface area contributed by atoms with Gasteiger partial charge < -0.3 is 19.4 Å². The molecule has 134 valence electrons. The largest absolute Gasteiger partial charge is 0.550 e. The van der Waals surface area contributed by atoms with E-state index in [1.807, 2.05) is 49.4 Å². The van der Waals surface area contributed by atoms with Gasteiger partial charge in [-0.2, -0.15) is 0 Å². The summed E-state index contributed by atoms with van der Waals surface area (Å²) in [6.07, 6.45) is -0.189. The Hall–Kier alpha value is -2.86. The first kappa shape index (κ1) is 17.9. The molecule has 0 amide bonds. The second-order valence-corrected chi connectivity index (χ2v) is 6.69. The van der Waals surface area contributed by atoms with Crippen LogP contribution in [0.25, 0.3) is 10.6 Å². The molecule has 0 unspecified atom stereocenters. The van der Waals surface area contributed by atoms with Gasteiger partial charge in [-0.3, -0.25) is 0 Å². The van der Waals surface area contributed by atoms with Crippen LogP contribution in [-0.2, 0) is 17.8 Å². The minimum atomic E-state index is -1.14. The number of aliphatic carboxylic acids is 1. The molecule has 0 saturated carbocycles. The van der Waals surface area contributed by atoms with Crippen LogP contribution in [0.4, 0.5) is 0 Å². The standard InChI is InChI=1S/C20H19NO4S/c1-13-3-5-14(6-4-13)11-25-17-8-7-15(9-18(17)24-2)20-21-16(12-26-20)10-19(22)23/h3-9,12H,10-11H2,1-2H3,(H,22,23)/p-1. The van der Waals surface area contributed by atoms with E-state index in [-0.39, 0.29) is 6.42 Å². The molecule has 0 aliphatic rings. The normalized spacial score (nSPS) is 10.5. The van der Waals surface area contributed by atoms with Gasteiger partial charge in [-0.1, -0.05) is 29.8 Å². The lowest BCUT2D eigenvalue weighted by atomic mass is 10.1. The molecule has 0 N–H and O–H groups in total. The Morgan fingerprint density at radius 1 is 1.15 bits per heavy atom. The van der Waals surface area contributed by atoms with E-state index in [0.717, 1.165) is 16.1 Å². The van der Waals surface area contributed by atoms with Gasteiger partial charge in [0.15, 0.2) is 11.5 Å². The van der Waals surface area contributed by atoms with Gasteiger partial charge in [0.05, 0.1) is 12.8 Å². The molecule has 1 aromatic heterocycles. The number of aryl methyl sites for hydroxylation is 1. The van der Waals surface area contributed by atoms with E-state index in [1.54, 1.807) is 12.5 Å². The summed E-state index contributed by atoms with van der Waals surface area (Å²) in [5, 5.41) is 13.1. The molecule has 0 spiro atoms. The highest BCUT2D eigenvalue weighted by Crippen LogP contribution is 2.34. The maximum Gasteiger partial charge on any atom is 0.161 e. The van der Waals surface area contributed by atoms with Gasteiger partial charge in [-0.15, -0.1) is 11.3 Å². The van der Waals surface area contributed by atoms with Crippen LogP contribution in [0.1, 0.15) is 16.8 Å². The number of hydrogen-bond donors (Lipinski definition) is 0. The lowest BCUT2D eigenvalue weighted by Crippen LogP contribution is -2.24. The average molecular weight is 368 g/mol. The summed E-state index contributed by atoms with van der Waals surface area (Å²) in [7, 11) is 1.58. The van der Waals surface area contributed by atoms with Crippen molar-refractivity contribution in [1.29, 1.82) is 0 Å². The highest BCUT2D eigenvalue weighted by Gasteiger charge is 2.11. The zero-order chi connectivity index (χ0) is 18.5. The van der Waals surface area contributed by atoms with Crippen LogP contribution in [0.3, 0.4) is 0 Å². The van der Waals surface area contributed by atoms with Crippen LogP contribution in [0, 0.1) is 6.92 Å². The van der Waals surface area contributed by atoms with E-state index >= 15 is 0 Å². The first-order chi connectivity index (χ1) is 12.5. The van der Waals surface area contributed by atoms with Gasteiger partial charge in [0.25, 0.3) is 0 Å². The minimum absolute atomic E-state index is 0.189. The van der Waals surface area contributed by atoms with Crippen molar-refractivity contribution >= 4 is 17.3 Å². The second-order valence-electron chi connectivity index (χ2n) is 5.83. The number of aromatic nitrogens is 1. The monoisotopic (exact) mass is 368 g/mol. The molecule has 0 fully saturated rings. The predicted molar refractivity (Wildman–Crippen MR) is 98.3 cm³/mol. The minimum Gasteiger partial charge on any atom is -0.550 e. The predicted octanol–water partition coefficient (Wildman–Crippen LogP) is 3.00. The number of thiazole rings is 1. The fourth-order valence-corrected chi connectivity index (χ4v) is 3.25. The molecule has 26 heavy (non-hydrogen) atoms. The number of carbonyl (C=O) groups excluding carboxylic acids is 1. The Labute approximate surface area is 155 Å². The first-order valence-corrected chi connectivity index (χ1v) is 8.94. The van der Waals surface area contributed by atoms with Gasteiger partial charge in [0.1, 0.15) is 11.6 Å². The third-order valence-corrected chi connectivity index (χ3v) is 4.74. The lowest BCUT2D eigenvalue weighted by molar-refractivity contribution is -0.304. The van der Waals surface area contributed by atoms with Crippen LogP contribution < -0.4 is 14.6 Å². The van der Waals surface area contributed by atoms with Crippen molar-refractivity contribution in [2.45, 2.75) is 20.0 Å². The number of ether oxygens (including phenoxy) is 2. The van der Waals surface area contributed by atoms with Crippen molar-refractivity contribution in [3.05, 3.63) is 64.7 Å². The van der Waals surface area contributed by atoms with Crippen molar-refractivity contribution in [1.82, 2.24) is 4.98 Å². The van der Waals surface area contributed by atoms with Crippen LogP contribution in [0.5, 0.6) is 11.5 Å². The molecule has 2 aromatic carbocycles.